The third-order valence-corrected chi connectivity index (χ3v) is 4.68. The van der Waals surface area contributed by atoms with Gasteiger partial charge in [-0.2, -0.15) is 0 Å². The molecule has 2 aromatic carbocycles. The summed E-state index contributed by atoms with van der Waals surface area (Å²) in [6, 6.07) is 13.7. The van der Waals surface area contributed by atoms with E-state index in [0.29, 0.717) is 28.0 Å². The lowest BCUT2D eigenvalue weighted by Gasteiger charge is -2.15. The number of amides is 1. The molecule has 3 aromatic rings. The maximum absolute atomic E-state index is 13.2. The molecule has 27 heavy (non-hydrogen) atoms. The van der Waals surface area contributed by atoms with Crippen LogP contribution in [0.2, 0.25) is 0 Å². The van der Waals surface area contributed by atoms with E-state index >= 15 is 0 Å². The van der Waals surface area contributed by atoms with Gasteiger partial charge in [0.05, 0.1) is 18.4 Å². The average Bonchev–Trinajstić information content (AvgIpc) is 3.12. The molecule has 0 aliphatic heterocycles. The van der Waals surface area contributed by atoms with Crippen LogP contribution in [0.25, 0.3) is 11.1 Å². The smallest absolute Gasteiger partial charge is 0.268 e. The Kier molecular flexibility index (Phi) is 3.88. The number of H-pyrrole nitrogens is 1. The van der Waals surface area contributed by atoms with E-state index in [-0.39, 0.29) is 28.5 Å². The van der Waals surface area contributed by atoms with Crippen LogP contribution in [0.15, 0.2) is 48.5 Å². The van der Waals surface area contributed by atoms with Crippen molar-refractivity contribution in [2.45, 2.75) is 0 Å². The first kappa shape index (κ1) is 16.8. The second kappa shape index (κ2) is 6.25. The van der Waals surface area contributed by atoms with Crippen LogP contribution in [0.4, 0.5) is 0 Å². The number of hydrogen-bond acceptors (Lipinski definition) is 4. The normalized spacial score (nSPS) is 12.4. The van der Waals surface area contributed by atoms with Crippen LogP contribution in [0.3, 0.4) is 0 Å². The van der Waals surface area contributed by atoms with Crippen molar-refractivity contribution >= 4 is 17.5 Å². The van der Waals surface area contributed by atoms with Crippen molar-refractivity contribution in [1.82, 2.24) is 10.3 Å². The Hall–Kier alpha value is -3.67. The Bertz CT molecular complexity index is 1110. The van der Waals surface area contributed by atoms with Crippen molar-refractivity contribution in [2.24, 2.45) is 0 Å². The SMILES string of the molecule is CNC(=O)c1[nH]c2c(c1-c1cccc(OC)c1)C(=O)c1ccccc1C2=O. The largest absolute Gasteiger partial charge is 0.497 e. The number of ether oxygens (including phenoxy) is 1. The summed E-state index contributed by atoms with van der Waals surface area (Å²) < 4.78 is 5.27. The van der Waals surface area contributed by atoms with Gasteiger partial charge in [0.15, 0.2) is 5.78 Å². The van der Waals surface area contributed by atoms with Gasteiger partial charge in [-0.1, -0.05) is 36.4 Å². The van der Waals surface area contributed by atoms with Crippen LogP contribution < -0.4 is 10.1 Å². The number of fused-ring (bicyclic) bond motifs is 2. The van der Waals surface area contributed by atoms with E-state index in [4.69, 9.17) is 4.74 Å². The molecule has 1 amide bonds. The molecule has 0 saturated carbocycles. The third-order valence-electron chi connectivity index (χ3n) is 4.68. The maximum atomic E-state index is 13.2. The summed E-state index contributed by atoms with van der Waals surface area (Å²) in [7, 11) is 3.03. The van der Waals surface area contributed by atoms with Crippen molar-refractivity contribution in [3.63, 3.8) is 0 Å². The highest BCUT2D eigenvalue weighted by atomic mass is 16.5. The summed E-state index contributed by atoms with van der Waals surface area (Å²) in [6.07, 6.45) is 0. The van der Waals surface area contributed by atoms with Crippen LogP contribution in [0.1, 0.15) is 42.5 Å². The van der Waals surface area contributed by atoms with Gasteiger partial charge in [0, 0.05) is 23.7 Å². The molecule has 4 rings (SSSR count). The number of carbonyl (C=O) groups excluding carboxylic acids is 3. The number of ketones is 2. The van der Waals surface area contributed by atoms with E-state index in [9.17, 15) is 14.4 Å². The minimum atomic E-state index is -0.410. The Morgan fingerprint density at radius 2 is 1.67 bits per heavy atom. The van der Waals surface area contributed by atoms with Gasteiger partial charge in [-0.3, -0.25) is 14.4 Å². The standard InChI is InChI=1S/C21H16N2O4/c1-22-21(26)18-15(11-6-5-7-12(10-11)27-2)16-17(23-18)20(25)14-9-4-3-8-13(14)19(16)24/h3-10,23H,1-2H3,(H,22,26). The maximum Gasteiger partial charge on any atom is 0.268 e. The lowest BCUT2D eigenvalue weighted by Crippen LogP contribution is -2.20. The molecule has 1 heterocycles. The molecule has 6 heteroatoms. The van der Waals surface area contributed by atoms with Gasteiger partial charge in [-0.05, 0) is 17.7 Å². The van der Waals surface area contributed by atoms with E-state index in [1.807, 2.05) is 0 Å². The van der Waals surface area contributed by atoms with Crippen LogP contribution >= 0.6 is 0 Å². The molecule has 6 nitrogen and oxygen atoms in total. The Morgan fingerprint density at radius 3 is 2.33 bits per heavy atom. The zero-order chi connectivity index (χ0) is 19.1. The predicted molar refractivity (Wildman–Crippen MR) is 99.5 cm³/mol. The Labute approximate surface area is 155 Å². The van der Waals surface area contributed by atoms with E-state index < -0.39 is 5.91 Å². The molecule has 0 spiro atoms. The van der Waals surface area contributed by atoms with Gasteiger partial charge in [0.25, 0.3) is 5.91 Å². The number of nitrogens with one attached hydrogen (secondary N) is 2. The van der Waals surface area contributed by atoms with Gasteiger partial charge in [0.1, 0.15) is 11.4 Å². The second-order valence-electron chi connectivity index (χ2n) is 6.14. The van der Waals surface area contributed by atoms with E-state index in [0.717, 1.165) is 0 Å². The molecule has 1 aromatic heterocycles. The summed E-state index contributed by atoms with van der Waals surface area (Å²) in [5.74, 6) is -0.420. The van der Waals surface area contributed by atoms with E-state index in [1.165, 1.54) is 14.2 Å². The number of rotatable bonds is 3. The fourth-order valence-electron chi connectivity index (χ4n) is 3.41. The fourth-order valence-corrected chi connectivity index (χ4v) is 3.41. The summed E-state index contributed by atoms with van der Waals surface area (Å²) in [6.45, 7) is 0. The molecule has 0 unspecified atom stereocenters. The van der Waals surface area contributed by atoms with Crippen LogP contribution in [0, 0.1) is 0 Å². The third kappa shape index (κ3) is 2.45. The monoisotopic (exact) mass is 360 g/mol. The predicted octanol–water partition coefficient (Wildman–Crippen LogP) is 2.83. The Morgan fingerprint density at radius 1 is 0.963 bits per heavy atom. The number of aromatic amines is 1. The summed E-state index contributed by atoms with van der Waals surface area (Å²) in [5.41, 5.74) is 2.20. The van der Waals surface area contributed by atoms with Crippen molar-refractivity contribution in [3.05, 3.63) is 76.6 Å². The molecular weight excluding hydrogens is 344 g/mol. The molecule has 0 atom stereocenters. The van der Waals surface area contributed by atoms with Crippen molar-refractivity contribution in [1.29, 1.82) is 0 Å². The number of aromatic nitrogens is 1. The zero-order valence-corrected chi connectivity index (χ0v) is 14.8. The molecule has 0 saturated heterocycles. The summed E-state index contributed by atoms with van der Waals surface area (Å²) >= 11 is 0. The minimum absolute atomic E-state index is 0.134. The first-order valence-corrected chi connectivity index (χ1v) is 8.37. The fraction of sp³-hybridized carbons (Fsp3) is 0.0952. The Balaban J connectivity index is 2.04. The number of methoxy groups -OCH3 is 1. The van der Waals surface area contributed by atoms with Gasteiger partial charge < -0.3 is 15.0 Å². The average molecular weight is 360 g/mol. The molecule has 134 valence electrons. The van der Waals surface area contributed by atoms with E-state index in [2.05, 4.69) is 10.3 Å². The van der Waals surface area contributed by atoms with Gasteiger partial charge in [0.2, 0.25) is 5.78 Å². The zero-order valence-electron chi connectivity index (χ0n) is 14.8. The molecule has 0 radical (unpaired) electrons. The highest BCUT2D eigenvalue weighted by Gasteiger charge is 2.36. The van der Waals surface area contributed by atoms with Crippen LogP contribution in [-0.2, 0) is 0 Å². The quantitative estimate of drug-likeness (QED) is 0.588. The molecule has 0 bridgehead atoms. The molecule has 1 aliphatic carbocycles. The second-order valence-corrected chi connectivity index (χ2v) is 6.14. The minimum Gasteiger partial charge on any atom is -0.497 e. The number of carbonyl (C=O) groups is 3. The number of hydrogen-bond donors (Lipinski definition) is 2. The summed E-state index contributed by atoms with van der Waals surface area (Å²) in [4.78, 5) is 41.5. The lowest BCUT2D eigenvalue weighted by atomic mass is 9.84. The van der Waals surface area contributed by atoms with Crippen LogP contribution in [-0.4, -0.2) is 36.6 Å². The first-order valence-electron chi connectivity index (χ1n) is 8.37. The molecule has 2 N–H and O–H groups in total. The first-order chi connectivity index (χ1) is 13.1. The van der Waals surface area contributed by atoms with Crippen molar-refractivity contribution in [3.8, 4) is 16.9 Å². The van der Waals surface area contributed by atoms with Gasteiger partial charge in [-0.15, -0.1) is 0 Å². The molecular formula is C21H16N2O4. The van der Waals surface area contributed by atoms with Gasteiger partial charge >= 0.3 is 0 Å². The highest BCUT2D eigenvalue weighted by Crippen LogP contribution is 2.38. The van der Waals surface area contributed by atoms with E-state index in [1.54, 1.807) is 48.5 Å². The molecule has 1 aliphatic rings. The molecule has 0 fully saturated rings. The summed E-state index contributed by atoms with van der Waals surface area (Å²) in [5, 5.41) is 2.56. The number of benzene rings is 2. The van der Waals surface area contributed by atoms with Crippen LogP contribution in [0.5, 0.6) is 5.75 Å². The highest BCUT2D eigenvalue weighted by molar-refractivity contribution is 6.31. The van der Waals surface area contributed by atoms with Crippen molar-refractivity contribution < 1.29 is 19.1 Å². The van der Waals surface area contributed by atoms with Crippen molar-refractivity contribution in [2.75, 3.05) is 14.2 Å². The van der Waals surface area contributed by atoms with Gasteiger partial charge in [-0.25, -0.2) is 0 Å². The topological polar surface area (TPSA) is 88.3 Å². The lowest BCUT2D eigenvalue weighted by molar-refractivity contribution is 0.0958.